The van der Waals surface area contributed by atoms with Crippen LogP contribution in [-0.2, 0) is 10.0 Å². The summed E-state index contributed by atoms with van der Waals surface area (Å²) >= 11 is 11.7. The lowest BCUT2D eigenvalue weighted by Crippen LogP contribution is -2.15. The van der Waals surface area contributed by atoms with Crippen molar-refractivity contribution in [1.82, 2.24) is 0 Å². The Hall–Kier alpha value is -1.43. The number of hydrogen-bond acceptors (Lipinski definition) is 3. The van der Waals surface area contributed by atoms with Crippen LogP contribution in [0.5, 0.6) is 0 Å². The summed E-state index contributed by atoms with van der Waals surface area (Å²) in [5.74, 6) is 0. The fourth-order valence-corrected chi connectivity index (χ4v) is 3.96. The number of nitrogen functional groups attached to an aromatic ring is 1. The second kappa shape index (κ2) is 5.75. The van der Waals surface area contributed by atoms with Crippen LogP contribution in [0.4, 0.5) is 11.4 Å². The first-order chi connectivity index (χ1) is 9.69. The molecule has 3 N–H and O–H groups in total. The monoisotopic (exact) mass is 344 g/mol. The average Bonchev–Trinajstić information content (AvgIpc) is 2.32. The first-order valence-corrected chi connectivity index (χ1v) is 8.28. The molecule has 0 heterocycles. The second-order valence-electron chi connectivity index (χ2n) is 4.74. The molecule has 2 rings (SSSR count). The third kappa shape index (κ3) is 3.61. The summed E-state index contributed by atoms with van der Waals surface area (Å²) in [7, 11) is -3.78. The Balaban J connectivity index is 2.47. The predicted molar refractivity (Wildman–Crippen MR) is 87.6 cm³/mol. The van der Waals surface area contributed by atoms with Crippen LogP contribution in [-0.4, -0.2) is 8.42 Å². The summed E-state index contributed by atoms with van der Waals surface area (Å²) in [6, 6.07) is 7.57. The molecule has 0 aromatic heterocycles. The lowest BCUT2D eigenvalue weighted by atomic mass is 10.1. The Labute approximate surface area is 133 Å². The van der Waals surface area contributed by atoms with E-state index < -0.39 is 10.0 Å². The number of rotatable bonds is 3. The third-order valence-corrected chi connectivity index (χ3v) is 4.70. The molecule has 0 saturated heterocycles. The molecule has 0 radical (unpaired) electrons. The fourth-order valence-electron chi connectivity index (χ4n) is 2.03. The van der Waals surface area contributed by atoms with Gasteiger partial charge >= 0.3 is 0 Å². The van der Waals surface area contributed by atoms with E-state index in [4.69, 9.17) is 28.9 Å². The lowest BCUT2D eigenvalue weighted by molar-refractivity contribution is 0.601. The number of nitrogens with one attached hydrogen (secondary N) is 1. The highest BCUT2D eigenvalue weighted by Gasteiger charge is 2.18. The molecular weight excluding hydrogens is 331 g/mol. The molecule has 0 aliphatic rings. The van der Waals surface area contributed by atoms with Crippen LogP contribution in [0.15, 0.2) is 35.2 Å². The largest absolute Gasteiger partial charge is 0.399 e. The molecule has 0 saturated carbocycles. The van der Waals surface area contributed by atoms with Crippen molar-refractivity contribution in [2.75, 3.05) is 10.5 Å². The number of benzene rings is 2. The van der Waals surface area contributed by atoms with Gasteiger partial charge in [0.15, 0.2) is 0 Å². The molecule has 0 aliphatic carbocycles. The average molecular weight is 345 g/mol. The van der Waals surface area contributed by atoms with E-state index in [1.54, 1.807) is 26.0 Å². The van der Waals surface area contributed by atoms with Crippen LogP contribution in [0.2, 0.25) is 10.0 Å². The van der Waals surface area contributed by atoms with Gasteiger partial charge in [-0.1, -0.05) is 23.2 Å². The zero-order chi connectivity index (χ0) is 15.8. The van der Waals surface area contributed by atoms with Gasteiger partial charge in [-0.15, -0.1) is 0 Å². The highest BCUT2D eigenvalue weighted by atomic mass is 35.5. The van der Waals surface area contributed by atoms with Crippen molar-refractivity contribution in [2.45, 2.75) is 18.7 Å². The standard InChI is InChI=1S/C14H14Cl2N2O2S/c1-8-3-12(17)4-9(2)14(8)18-21(19,20)13-6-10(15)5-11(16)7-13/h3-7,18H,17H2,1-2H3. The molecule has 0 unspecified atom stereocenters. The molecule has 0 atom stereocenters. The van der Waals surface area contributed by atoms with Crippen LogP contribution < -0.4 is 10.5 Å². The van der Waals surface area contributed by atoms with Crippen LogP contribution in [0, 0.1) is 13.8 Å². The number of aryl methyl sites for hydroxylation is 2. The van der Waals surface area contributed by atoms with E-state index in [0.29, 0.717) is 11.4 Å². The molecule has 4 nitrogen and oxygen atoms in total. The van der Waals surface area contributed by atoms with Crippen LogP contribution in [0.25, 0.3) is 0 Å². The maximum atomic E-state index is 12.4. The molecule has 7 heteroatoms. The van der Waals surface area contributed by atoms with Gasteiger partial charge in [-0.05, 0) is 55.3 Å². The van der Waals surface area contributed by atoms with E-state index in [9.17, 15) is 8.42 Å². The van der Waals surface area contributed by atoms with E-state index in [1.165, 1.54) is 18.2 Å². The Morgan fingerprint density at radius 3 is 1.90 bits per heavy atom. The van der Waals surface area contributed by atoms with Crippen molar-refractivity contribution in [1.29, 1.82) is 0 Å². The minimum Gasteiger partial charge on any atom is -0.399 e. The number of hydrogen-bond donors (Lipinski definition) is 2. The van der Waals surface area contributed by atoms with Gasteiger partial charge in [-0.25, -0.2) is 8.42 Å². The quantitative estimate of drug-likeness (QED) is 0.826. The van der Waals surface area contributed by atoms with Gasteiger partial charge in [-0.3, -0.25) is 4.72 Å². The Morgan fingerprint density at radius 1 is 0.952 bits per heavy atom. The lowest BCUT2D eigenvalue weighted by Gasteiger charge is -2.14. The van der Waals surface area contributed by atoms with Crippen molar-refractivity contribution in [3.63, 3.8) is 0 Å². The molecule has 0 amide bonds. The highest BCUT2D eigenvalue weighted by molar-refractivity contribution is 7.92. The topological polar surface area (TPSA) is 72.2 Å². The van der Waals surface area contributed by atoms with E-state index >= 15 is 0 Å². The normalized spacial score (nSPS) is 11.4. The van der Waals surface area contributed by atoms with E-state index in [-0.39, 0.29) is 14.9 Å². The molecule has 112 valence electrons. The molecule has 2 aromatic carbocycles. The highest BCUT2D eigenvalue weighted by Crippen LogP contribution is 2.28. The van der Waals surface area contributed by atoms with Gasteiger partial charge in [0.2, 0.25) is 0 Å². The smallest absolute Gasteiger partial charge is 0.262 e. The third-order valence-electron chi connectivity index (χ3n) is 2.94. The molecule has 0 bridgehead atoms. The first kappa shape index (κ1) is 15.9. The number of sulfonamides is 1. The molecular formula is C14H14Cl2N2O2S. The van der Waals surface area contributed by atoms with Crippen molar-refractivity contribution in [3.8, 4) is 0 Å². The summed E-state index contributed by atoms with van der Waals surface area (Å²) in [4.78, 5) is 0.00984. The van der Waals surface area contributed by atoms with Gasteiger partial charge in [-0.2, -0.15) is 0 Å². The Kier molecular flexibility index (Phi) is 4.37. The molecule has 0 aliphatic heterocycles. The minimum absolute atomic E-state index is 0.00984. The summed E-state index contributed by atoms with van der Waals surface area (Å²) in [5.41, 5.74) is 8.29. The van der Waals surface area contributed by atoms with Crippen molar-refractivity contribution in [3.05, 3.63) is 51.5 Å². The van der Waals surface area contributed by atoms with E-state index in [0.717, 1.165) is 11.1 Å². The summed E-state index contributed by atoms with van der Waals surface area (Å²) in [6.45, 7) is 3.57. The fraction of sp³-hybridized carbons (Fsp3) is 0.143. The molecule has 21 heavy (non-hydrogen) atoms. The Morgan fingerprint density at radius 2 is 1.43 bits per heavy atom. The predicted octanol–water partition coefficient (Wildman–Crippen LogP) is 3.99. The first-order valence-electron chi connectivity index (χ1n) is 6.04. The summed E-state index contributed by atoms with van der Waals surface area (Å²) in [6.07, 6.45) is 0. The molecule has 0 spiro atoms. The van der Waals surface area contributed by atoms with Gasteiger partial charge < -0.3 is 5.73 Å². The number of nitrogens with two attached hydrogens (primary N) is 1. The summed E-state index contributed by atoms with van der Waals surface area (Å²) in [5, 5.41) is 0.516. The zero-order valence-electron chi connectivity index (χ0n) is 11.4. The molecule has 2 aromatic rings. The minimum atomic E-state index is -3.78. The van der Waals surface area contributed by atoms with Crippen molar-refractivity contribution in [2.24, 2.45) is 0 Å². The maximum absolute atomic E-state index is 12.4. The number of anilines is 2. The zero-order valence-corrected chi connectivity index (χ0v) is 13.8. The van der Waals surface area contributed by atoms with E-state index in [1.807, 2.05) is 0 Å². The van der Waals surface area contributed by atoms with Gasteiger partial charge in [0.25, 0.3) is 10.0 Å². The Bertz CT molecular complexity index is 761. The second-order valence-corrected chi connectivity index (χ2v) is 7.30. The van der Waals surface area contributed by atoms with Crippen molar-refractivity contribution < 1.29 is 8.42 Å². The van der Waals surface area contributed by atoms with Crippen LogP contribution in [0.1, 0.15) is 11.1 Å². The summed E-state index contributed by atoms with van der Waals surface area (Å²) < 4.78 is 27.4. The van der Waals surface area contributed by atoms with Crippen LogP contribution in [0.3, 0.4) is 0 Å². The van der Waals surface area contributed by atoms with Crippen molar-refractivity contribution >= 4 is 44.6 Å². The van der Waals surface area contributed by atoms with Crippen LogP contribution >= 0.6 is 23.2 Å². The van der Waals surface area contributed by atoms with Gasteiger partial charge in [0, 0.05) is 15.7 Å². The van der Waals surface area contributed by atoms with Gasteiger partial charge in [0.1, 0.15) is 0 Å². The maximum Gasteiger partial charge on any atom is 0.262 e. The van der Waals surface area contributed by atoms with E-state index in [2.05, 4.69) is 4.72 Å². The SMILES string of the molecule is Cc1cc(N)cc(C)c1NS(=O)(=O)c1cc(Cl)cc(Cl)c1. The molecule has 0 fully saturated rings. The van der Waals surface area contributed by atoms with Gasteiger partial charge in [0.05, 0.1) is 10.6 Å². The number of halogens is 2.